The summed E-state index contributed by atoms with van der Waals surface area (Å²) in [5, 5.41) is 0. The molecule has 2 aromatic carbocycles. The lowest BCUT2D eigenvalue weighted by Gasteiger charge is -2.14. The molecule has 0 aromatic heterocycles. The van der Waals surface area contributed by atoms with E-state index in [0.717, 1.165) is 19.3 Å². The molecule has 0 saturated heterocycles. The molecule has 1 aliphatic rings. The van der Waals surface area contributed by atoms with Gasteiger partial charge < -0.3 is 4.74 Å². The van der Waals surface area contributed by atoms with Gasteiger partial charge in [0.25, 0.3) is 0 Å². The van der Waals surface area contributed by atoms with Gasteiger partial charge in [-0.2, -0.15) is 0 Å². The zero-order valence-corrected chi connectivity index (χ0v) is 16.3. The van der Waals surface area contributed by atoms with E-state index in [9.17, 15) is 14.4 Å². The van der Waals surface area contributed by atoms with Gasteiger partial charge in [-0.15, -0.1) is 11.8 Å². The standard InChI is InChI=1S/C22H22O4S/c1-14(23)13-27-20-9-4-3-8-19(20)22(25)26-15(2)21(24)18-11-10-16-6-5-7-17(16)12-18/h3-4,8-12,15H,5-7,13H2,1-2H3/t15-/m1/s1. The second kappa shape index (κ2) is 8.53. The predicted molar refractivity (Wildman–Crippen MR) is 106 cm³/mol. The van der Waals surface area contributed by atoms with Crippen LogP contribution in [0, 0.1) is 0 Å². The lowest BCUT2D eigenvalue weighted by Crippen LogP contribution is -2.25. The molecule has 0 radical (unpaired) electrons. The first-order valence-corrected chi connectivity index (χ1v) is 10.0. The molecule has 0 heterocycles. The molecule has 140 valence electrons. The molecule has 0 bridgehead atoms. The van der Waals surface area contributed by atoms with E-state index in [1.54, 1.807) is 31.2 Å². The first-order valence-electron chi connectivity index (χ1n) is 9.04. The molecule has 27 heavy (non-hydrogen) atoms. The number of ether oxygens (including phenoxy) is 1. The van der Waals surface area contributed by atoms with Crippen molar-refractivity contribution < 1.29 is 19.1 Å². The van der Waals surface area contributed by atoms with Crippen molar-refractivity contribution in [2.75, 3.05) is 5.75 Å². The smallest absolute Gasteiger partial charge is 0.339 e. The molecule has 0 N–H and O–H groups in total. The number of ketones is 2. The molecule has 1 aliphatic carbocycles. The van der Waals surface area contributed by atoms with Gasteiger partial charge in [0.1, 0.15) is 5.78 Å². The fourth-order valence-corrected chi connectivity index (χ4v) is 4.02. The Morgan fingerprint density at radius 2 is 1.81 bits per heavy atom. The zero-order chi connectivity index (χ0) is 19.4. The highest BCUT2D eigenvalue weighted by Crippen LogP contribution is 2.25. The molecule has 2 aromatic rings. The number of hydrogen-bond acceptors (Lipinski definition) is 5. The Bertz CT molecular complexity index is 888. The van der Waals surface area contributed by atoms with Crippen molar-refractivity contribution >= 4 is 29.3 Å². The predicted octanol–water partition coefficient (Wildman–Crippen LogP) is 4.28. The number of aryl methyl sites for hydroxylation is 2. The van der Waals surface area contributed by atoms with Gasteiger partial charge in [0.15, 0.2) is 6.10 Å². The summed E-state index contributed by atoms with van der Waals surface area (Å²) < 4.78 is 5.43. The number of esters is 1. The minimum Gasteiger partial charge on any atom is -0.451 e. The highest BCUT2D eigenvalue weighted by Gasteiger charge is 2.23. The van der Waals surface area contributed by atoms with Crippen molar-refractivity contribution in [1.29, 1.82) is 0 Å². The van der Waals surface area contributed by atoms with Gasteiger partial charge in [0.2, 0.25) is 5.78 Å². The molecule has 0 fully saturated rings. The van der Waals surface area contributed by atoms with Crippen LogP contribution in [-0.2, 0) is 22.4 Å². The molecule has 0 spiro atoms. The third kappa shape index (κ3) is 4.66. The average Bonchev–Trinajstić information content (AvgIpc) is 3.13. The van der Waals surface area contributed by atoms with Crippen LogP contribution in [0.3, 0.4) is 0 Å². The van der Waals surface area contributed by atoms with E-state index in [2.05, 4.69) is 0 Å². The van der Waals surface area contributed by atoms with Crippen molar-refractivity contribution in [3.63, 3.8) is 0 Å². The Kier molecular flexibility index (Phi) is 6.11. The fraction of sp³-hybridized carbons (Fsp3) is 0.318. The minimum absolute atomic E-state index is 0.0309. The third-order valence-electron chi connectivity index (χ3n) is 4.57. The topological polar surface area (TPSA) is 60.4 Å². The first kappa shape index (κ1) is 19.4. The zero-order valence-electron chi connectivity index (χ0n) is 15.5. The quantitative estimate of drug-likeness (QED) is 0.406. The van der Waals surface area contributed by atoms with Gasteiger partial charge in [0, 0.05) is 10.5 Å². The van der Waals surface area contributed by atoms with Crippen LogP contribution in [-0.4, -0.2) is 29.4 Å². The Morgan fingerprint density at radius 1 is 1.07 bits per heavy atom. The largest absolute Gasteiger partial charge is 0.451 e. The van der Waals surface area contributed by atoms with E-state index in [1.807, 2.05) is 18.2 Å². The monoisotopic (exact) mass is 382 g/mol. The summed E-state index contributed by atoms with van der Waals surface area (Å²) in [5.74, 6) is -0.438. The second-order valence-electron chi connectivity index (χ2n) is 6.74. The van der Waals surface area contributed by atoms with Gasteiger partial charge >= 0.3 is 5.97 Å². The van der Waals surface area contributed by atoms with Crippen molar-refractivity contribution in [3.05, 3.63) is 64.7 Å². The Hall–Kier alpha value is -2.40. The van der Waals surface area contributed by atoms with Gasteiger partial charge in [-0.3, -0.25) is 9.59 Å². The SMILES string of the molecule is CC(=O)CSc1ccccc1C(=O)O[C@H](C)C(=O)c1ccc2c(c1)CCC2. The third-order valence-corrected chi connectivity index (χ3v) is 5.79. The lowest BCUT2D eigenvalue weighted by molar-refractivity contribution is -0.114. The van der Waals surface area contributed by atoms with Crippen molar-refractivity contribution in [2.45, 2.75) is 44.1 Å². The second-order valence-corrected chi connectivity index (χ2v) is 7.75. The highest BCUT2D eigenvalue weighted by atomic mass is 32.2. The van der Waals surface area contributed by atoms with E-state index >= 15 is 0 Å². The van der Waals surface area contributed by atoms with Crippen LogP contribution < -0.4 is 0 Å². The highest BCUT2D eigenvalue weighted by molar-refractivity contribution is 8.00. The summed E-state index contributed by atoms with van der Waals surface area (Å²) in [7, 11) is 0. The van der Waals surface area contributed by atoms with Crippen LogP contribution >= 0.6 is 11.8 Å². The molecule has 1 atom stereocenters. The molecule has 5 heteroatoms. The maximum absolute atomic E-state index is 12.7. The molecule has 3 rings (SSSR count). The van der Waals surface area contributed by atoms with Gasteiger partial charge in [-0.05, 0) is 62.4 Å². The molecular formula is C22H22O4S. The average molecular weight is 382 g/mol. The van der Waals surface area contributed by atoms with E-state index in [-0.39, 0.29) is 17.3 Å². The Balaban J connectivity index is 1.70. The van der Waals surface area contributed by atoms with Crippen LogP contribution in [0.25, 0.3) is 0 Å². The maximum Gasteiger partial charge on any atom is 0.339 e. The summed E-state index contributed by atoms with van der Waals surface area (Å²) >= 11 is 1.29. The van der Waals surface area contributed by atoms with Crippen molar-refractivity contribution in [1.82, 2.24) is 0 Å². The molecule has 4 nitrogen and oxygen atoms in total. The number of carbonyl (C=O) groups is 3. The molecule has 0 aliphatic heterocycles. The summed E-state index contributed by atoms with van der Waals surface area (Å²) in [4.78, 5) is 37.2. The number of Topliss-reactive ketones (excluding diaryl/α,β-unsaturated/α-hetero) is 2. The van der Waals surface area contributed by atoms with Crippen LogP contribution in [0.4, 0.5) is 0 Å². The van der Waals surface area contributed by atoms with Crippen LogP contribution in [0.1, 0.15) is 52.1 Å². The van der Waals surface area contributed by atoms with Gasteiger partial charge in [-0.1, -0.05) is 24.3 Å². The maximum atomic E-state index is 12.7. The number of thioether (sulfide) groups is 1. The van der Waals surface area contributed by atoms with Crippen LogP contribution in [0.5, 0.6) is 0 Å². The Morgan fingerprint density at radius 3 is 2.59 bits per heavy atom. The normalized spacial score (nSPS) is 13.7. The van der Waals surface area contributed by atoms with Crippen LogP contribution in [0.15, 0.2) is 47.4 Å². The fourth-order valence-electron chi connectivity index (χ4n) is 3.18. The summed E-state index contributed by atoms with van der Waals surface area (Å²) in [6, 6.07) is 12.7. The molecule has 0 amide bonds. The number of benzene rings is 2. The van der Waals surface area contributed by atoms with Crippen LogP contribution in [0.2, 0.25) is 0 Å². The lowest BCUT2D eigenvalue weighted by atomic mass is 10.0. The number of rotatable bonds is 7. The van der Waals surface area contributed by atoms with E-state index in [1.165, 1.54) is 29.8 Å². The number of carbonyl (C=O) groups excluding carboxylic acids is 3. The Labute approximate surface area is 163 Å². The number of hydrogen-bond donors (Lipinski definition) is 0. The first-order chi connectivity index (χ1) is 13.0. The van der Waals surface area contributed by atoms with Gasteiger partial charge in [0.05, 0.1) is 11.3 Å². The van der Waals surface area contributed by atoms with E-state index in [4.69, 9.17) is 4.74 Å². The molecular weight excluding hydrogens is 360 g/mol. The number of fused-ring (bicyclic) bond motifs is 1. The minimum atomic E-state index is -0.872. The van der Waals surface area contributed by atoms with E-state index < -0.39 is 12.1 Å². The summed E-state index contributed by atoms with van der Waals surface area (Å²) in [6.45, 7) is 3.10. The van der Waals surface area contributed by atoms with Crippen molar-refractivity contribution in [2.24, 2.45) is 0 Å². The summed E-state index contributed by atoms with van der Waals surface area (Å²) in [5.41, 5.74) is 3.46. The van der Waals surface area contributed by atoms with Crippen molar-refractivity contribution in [3.8, 4) is 0 Å². The summed E-state index contributed by atoms with van der Waals surface area (Å²) in [6.07, 6.45) is 2.29. The molecule has 0 saturated carbocycles. The molecule has 0 unspecified atom stereocenters. The van der Waals surface area contributed by atoms with E-state index in [0.29, 0.717) is 16.0 Å². The van der Waals surface area contributed by atoms with Gasteiger partial charge in [-0.25, -0.2) is 4.79 Å².